The minimum absolute atomic E-state index is 0.171. The Morgan fingerprint density at radius 1 is 1.30 bits per heavy atom. The number of morpholine rings is 1. The lowest BCUT2D eigenvalue weighted by molar-refractivity contribution is 0.0354. The number of aromatic nitrogens is 1. The molecule has 1 N–H and O–H groups in total. The average Bonchev–Trinajstić information content (AvgIpc) is 2.54. The SMILES string of the molecule is C[C@H](CN1CCOCC1)NS(=O)(=O)c1cccc2cnccc12. The maximum absolute atomic E-state index is 12.7. The lowest BCUT2D eigenvalue weighted by Crippen LogP contribution is -2.45. The van der Waals surface area contributed by atoms with Crippen LogP contribution in [0, 0.1) is 0 Å². The van der Waals surface area contributed by atoms with Crippen LogP contribution in [0.4, 0.5) is 0 Å². The van der Waals surface area contributed by atoms with Gasteiger partial charge in [0, 0.05) is 48.8 Å². The highest BCUT2D eigenvalue weighted by Crippen LogP contribution is 2.22. The lowest BCUT2D eigenvalue weighted by atomic mass is 10.2. The van der Waals surface area contributed by atoms with Crippen molar-refractivity contribution >= 4 is 20.8 Å². The summed E-state index contributed by atoms with van der Waals surface area (Å²) >= 11 is 0. The van der Waals surface area contributed by atoms with Gasteiger partial charge in [0.25, 0.3) is 0 Å². The molecule has 2 heterocycles. The smallest absolute Gasteiger partial charge is 0.241 e. The number of ether oxygens (including phenoxy) is 1. The zero-order chi connectivity index (χ0) is 16.3. The quantitative estimate of drug-likeness (QED) is 0.890. The van der Waals surface area contributed by atoms with Crippen LogP contribution in [0.3, 0.4) is 0 Å². The summed E-state index contributed by atoms with van der Waals surface area (Å²) in [4.78, 5) is 6.55. The minimum Gasteiger partial charge on any atom is -0.379 e. The Morgan fingerprint density at radius 3 is 2.87 bits per heavy atom. The van der Waals surface area contributed by atoms with Gasteiger partial charge in [0.1, 0.15) is 0 Å². The Morgan fingerprint density at radius 2 is 2.09 bits per heavy atom. The molecule has 6 nitrogen and oxygen atoms in total. The van der Waals surface area contributed by atoms with Crippen molar-refractivity contribution in [3.05, 3.63) is 36.7 Å². The molecule has 2 aromatic rings. The molecule has 1 aliphatic heterocycles. The summed E-state index contributed by atoms with van der Waals surface area (Å²) in [6.45, 7) is 5.65. The zero-order valence-corrected chi connectivity index (χ0v) is 13.9. The van der Waals surface area contributed by atoms with E-state index in [0.717, 1.165) is 18.5 Å². The molecule has 1 aliphatic rings. The zero-order valence-electron chi connectivity index (χ0n) is 13.1. The minimum atomic E-state index is -3.57. The Balaban J connectivity index is 1.77. The third kappa shape index (κ3) is 3.87. The van der Waals surface area contributed by atoms with Crippen molar-refractivity contribution in [1.82, 2.24) is 14.6 Å². The highest BCUT2D eigenvalue weighted by atomic mass is 32.2. The van der Waals surface area contributed by atoms with E-state index >= 15 is 0 Å². The van der Waals surface area contributed by atoms with Crippen LogP contribution in [0.5, 0.6) is 0 Å². The predicted molar refractivity (Wildman–Crippen MR) is 88.8 cm³/mol. The van der Waals surface area contributed by atoms with Gasteiger partial charge in [0.05, 0.1) is 18.1 Å². The van der Waals surface area contributed by atoms with Crippen LogP contribution in [-0.2, 0) is 14.8 Å². The molecule has 0 bridgehead atoms. The summed E-state index contributed by atoms with van der Waals surface area (Å²) in [7, 11) is -3.57. The van der Waals surface area contributed by atoms with Gasteiger partial charge in [-0.05, 0) is 19.1 Å². The molecule has 1 atom stereocenters. The van der Waals surface area contributed by atoms with Crippen LogP contribution in [0.25, 0.3) is 10.8 Å². The summed E-state index contributed by atoms with van der Waals surface area (Å²) in [5.74, 6) is 0. The number of pyridine rings is 1. The molecule has 1 fully saturated rings. The van der Waals surface area contributed by atoms with E-state index in [-0.39, 0.29) is 6.04 Å². The summed E-state index contributed by atoms with van der Waals surface area (Å²) in [6.07, 6.45) is 3.28. The van der Waals surface area contributed by atoms with Gasteiger partial charge in [-0.2, -0.15) is 0 Å². The van der Waals surface area contributed by atoms with Gasteiger partial charge in [-0.3, -0.25) is 9.88 Å². The molecule has 1 aromatic carbocycles. The van der Waals surface area contributed by atoms with Gasteiger partial charge < -0.3 is 4.74 Å². The lowest BCUT2D eigenvalue weighted by Gasteiger charge is -2.29. The van der Waals surface area contributed by atoms with Crippen LogP contribution in [-0.4, -0.2) is 57.2 Å². The Kier molecular flexibility index (Phi) is 4.91. The molecule has 1 aromatic heterocycles. The summed E-state index contributed by atoms with van der Waals surface area (Å²) in [5, 5.41) is 1.50. The Bertz CT molecular complexity index is 768. The fraction of sp³-hybridized carbons (Fsp3) is 0.438. The topological polar surface area (TPSA) is 71.5 Å². The molecule has 0 aliphatic carbocycles. The van der Waals surface area contributed by atoms with Crippen molar-refractivity contribution < 1.29 is 13.2 Å². The second-order valence-corrected chi connectivity index (χ2v) is 7.47. The van der Waals surface area contributed by atoms with Gasteiger partial charge in [0.2, 0.25) is 10.0 Å². The van der Waals surface area contributed by atoms with Crippen LogP contribution in [0.2, 0.25) is 0 Å². The van der Waals surface area contributed by atoms with Gasteiger partial charge in [-0.15, -0.1) is 0 Å². The molecule has 0 spiro atoms. The summed E-state index contributed by atoms with van der Waals surface area (Å²) in [6, 6.07) is 6.79. The monoisotopic (exact) mass is 335 g/mol. The van der Waals surface area contributed by atoms with Crippen molar-refractivity contribution in [2.75, 3.05) is 32.8 Å². The number of benzene rings is 1. The van der Waals surface area contributed by atoms with Crippen molar-refractivity contribution in [3.63, 3.8) is 0 Å². The molecule has 0 saturated carbocycles. The molecule has 0 unspecified atom stereocenters. The Hall–Kier alpha value is -1.54. The number of hydrogen-bond donors (Lipinski definition) is 1. The van der Waals surface area contributed by atoms with Gasteiger partial charge in [-0.25, -0.2) is 13.1 Å². The first-order valence-electron chi connectivity index (χ1n) is 7.71. The highest BCUT2D eigenvalue weighted by Gasteiger charge is 2.22. The van der Waals surface area contributed by atoms with Crippen LogP contribution in [0.1, 0.15) is 6.92 Å². The number of nitrogens with one attached hydrogen (secondary N) is 1. The van der Waals surface area contributed by atoms with Gasteiger partial charge in [0.15, 0.2) is 0 Å². The van der Waals surface area contributed by atoms with Crippen LogP contribution in [0.15, 0.2) is 41.6 Å². The molecule has 3 rings (SSSR count). The maximum Gasteiger partial charge on any atom is 0.241 e. The first-order chi connectivity index (χ1) is 11.1. The third-order valence-electron chi connectivity index (χ3n) is 3.92. The molecule has 7 heteroatoms. The van der Waals surface area contributed by atoms with Crippen molar-refractivity contribution in [2.45, 2.75) is 17.9 Å². The van der Waals surface area contributed by atoms with Crippen LogP contribution < -0.4 is 4.72 Å². The fourth-order valence-corrected chi connectivity index (χ4v) is 4.33. The molecule has 0 radical (unpaired) electrons. The van der Waals surface area contributed by atoms with Crippen LogP contribution >= 0.6 is 0 Å². The first kappa shape index (κ1) is 16.3. The molecular weight excluding hydrogens is 314 g/mol. The second kappa shape index (κ2) is 6.92. The van der Waals surface area contributed by atoms with E-state index in [0.29, 0.717) is 30.0 Å². The molecule has 0 amide bonds. The molecule has 23 heavy (non-hydrogen) atoms. The van der Waals surface area contributed by atoms with E-state index in [1.165, 1.54) is 0 Å². The number of hydrogen-bond acceptors (Lipinski definition) is 5. The van der Waals surface area contributed by atoms with Crippen molar-refractivity contribution in [3.8, 4) is 0 Å². The molecule has 124 valence electrons. The largest absolute Gasteiger partial charge is 0.379 e. The van der Waals surface area contributed by atoms with Crippen molar-refractivity contribution in [2.24, 2.45) is 0 Å². The number of sulfonamides is 1. The van der Waals surface area contributed by atoms with Gasteiger partial charge >= 0.3 is 0 Å². The van der Waals surface area contributed by atoms with E-state index < -0.39 is 10.0 Å². The summed E-state index contributed by atoms with van der Waals surface area (Å²) in [5.41, 5.74) is 0. The maximum atomic E-state index is 12.7. The molecular formula is C16H21N3O3S. The Labute approximate surface area is 136 Å². The second-order valence-electron chi connectivity index (χ2n) is 5.79. The predicted octanol–water partition coefficient (Wildman–Crippen LogP) is 1.23. The summed E-state index contributed by atoms with van der Waals surface area (Å²) < 4.78 is 33.5. The van der Waals surface area contributed by atoms with Gasteiger partial charge in [-0.1, -0.05) is 12.1 Å². The van der Waals surface area contributed by atoms with E-state index in [4.69, 9.17) is 4.74 Å². The van der Waals surface area contributed by atoms with E-state index in [1.54, 1.807) is 30.6 Å². The third-order valence-corrected chi connectivity index (χ3v) is 5.57. The van der Waals surface area contributed by atoms with E-state index in [1.807, 2.05) is 13.0 Å². The fourth-order valence-electron chi connectivity index (χ4n) is 2.86. The number of nitrogens with zero attached hydrogens (tertiary/aromatic N) is 2. The average molecular weight is 335 g/mol. The standard InChI is InChI=1S/C16H21N3O3S/c1-13(12-19-7-9-22-10-8-19)18-23(20,21)16-4-2-3-14-11-17-6-5-15(14)16/h2-6,11,13,18H,7-10,12H2,1H3/t13-/m1/s1. The van der Waals surface area contributed by atoms with E-state index in [9.17, 15) is 8.42 Å². The first-order valence-corrected chi connectivity index (χ1v) is 9.20. The van der Waals surface area contributed by atoms with E-state index in [2.05, 4.69) is 14.6 Å². The molecule has 1 saturated heterocycles. The number of rotatable bonds is 5. The highest BCUT2D eigenvalue weighted by molar-refractivity contribution is 7.89. The van der Waals surface area contributed by atoms with Crippen molar-refractivity contribution in [1.29, 1.82) is 0 Å². The number of fused-ring (bicyclic) bond motifs is 1. The normalized spacial score (nSPS) is 18.1.